The fourth-order valence-corrected chi connectivity index (χ4v) is 1.77. The molecule has 1 rings (SSSR count). The van der Waals surface area contributed by atoms with E-state index in [1.54, 1.807) is 7.11 Å². The van der Waals surface area contributed by atoms with Crippen LogP contribution in [0.1, 0.15) is 6.42 Å². The molecule has 0 spiro atoms. The smallest absolute Gasteiger partial charge is 0.157 e. The zero-order valence-corrected chi connectivity index (χ0v) is 9.13. The van der Waals surface area contributed by atoms with E-state index in [4.69, 9.17) is 9.47 Å². The monoisotopic (exact) mass is 246 g/mol. The van der Waals surface area contributed by atoms with Gasteiger partial charge in [0.25, 0.3) is 0 Å². The van der Waals surface area contributed by atoms with Gasteiger partial charge < -0.3 is 9.47 Å². The molecule has 72 valence electrons. The summed E-state index contributed by atoms with van der Waals surface area (Å²) >= 11 is 3.42. The zero-order valence-electron chi connectivity index (χ0n) is 7.54. The number of carbonyl (C=O) groups is 1. The van der Waals surface area contributed by atoms with Crippen molar-refractivity contribution in [1.29, 1.82) is 0 Å². The standard InChI is InChI=1S/C9H11BrO3/c1-12-8-3-6(10)4-9(13-2)7(8)5-11/h3,5-6H,4H2,1-2H3. The molecule has 1 aliphatic carbocycles. The summed E-state index contributed by atoms with van der Waals surface area (Å²) in [7, 11) is 3.09. The molecule has 0 amide bonds. The number of ether oxygens (including phenoxy) is 2. The molecular formula is C9H11BrO3. The highest BCUT2D eigenvalue weighted by molar-refractivity contribution is 9.09. The van der Waals surface area contributed by atoms with Crippen molar-refractivity contribution < 1.29 is 14.3 Å². The van der Waals surface area contributed by atoms with Crippen LogP contribution in [0.3, 0.4) is 0 Å². The molecule has 0 N–H and O–H groups in total. The number of rotatable bonds is 3. The Bertz CT molecular complexity index is 268. The van der Waals surface area contributed by atoms with E-state index in [2.05, 4.69) is 15.9 Å². The van der Waals surface area contributed by atoms with Crippen molar-refractivity contribution in [2.45, 2.75) is 11.2 Å². The summed E-state index contributed by atoms with van der Waals surface area (Å²) in [5, 5.41) is 0. The van der Waals surface area contributed by atoms with Gasteiger partial charge in [0.1, 0.15) is 11.5 Å². The van der Waals surface area contributed by atoms with Gasteiger partial charge in [0.05, 0.1) is 19.8 Å². The van der Waals surface area contributed by atoms with Crippen LogP contribution in [0.25, 0.3) is 0 Å². The van der Waals surface area contributed by atoms with Crippen molar-refractivity contribution in [1.82, 2.24) is 0 Å². The number of alkyl halides is 1. The largest absolute Gasteiger partial charge is 0.500 e. The van der Waals surface area contributed by atoms with Crippen LogP contribution in [-0.2, 0) is 14.3 Å². The maximum absolute atomic E-state index is 10.7. The molecule has 0 saturated heterocycles. The molecule has 1 unspecified atom stereocenters. The van der Waals surface area contributed by atoms with Gasteiger partial charge in [0.2, 0.25) is 0 Å². The maximum Gasteiger partial charge on any atom is 0.157 e. The second-order valence-corrected chi connectivity index (χ2v) is 3.79. The van der Waals surface area contributed by atoms with E-state index in [1.165, 1.54) is 7.11 Å². The average Bonchev–Trinajstić information content (AvgIpc) is 2.16. The number of hydrogen-bond donors (Lipinski definition) is 0. The lowest BCUT2D eigenvalue weighted by atomic mass is 10.0. The van der Waals surface area contributed by atoms with E-state index in [0.29, 0.717) is 23.5 Å². The topological polar surface area (TPSA) is 35.5 Å². The van der Waals surface area contributed by atoms with Crippen LogP contribution in [-0.4, -0.2) is 25.3 Å². The summed E-state index contributed by atoms with van der Waals surface area (Å²) in [5.74, 6) is 1.23. The molecule has 0 bridgehead atoms. The third-order valence-corrected chi connectivity index (χ3v) is 2.45. The van der Waals surface area contributed by atoms with Gasteiger partial charge in [0, 0.05) is 11.2 Å². The fraction of sp³-hybridized carbons (Fsp3) is 0.444. The second kappa shape index (κ2) is 4.46. The molecule has 0 aromatic rings. The molecule has 0 heterocycles. The summed E-state index contributed by atoms with van der Waals surface area (Å²) in [6.07, 6.45) is 3.29. The lowest BCUT2D eigenvalue weighted by Gasteiger charge is -2.19. The van der Waals surface area contributed by atoms with Crippen molar-refractivity contribution in [2.75, 3.05) is 14.2 Å². The Kier molecular flexibility index (Phi) is 3.54. The lowest BCUT2D eigenvalue weighted by molar-refractivity contribution is -0.105. The third kappa shape index (κ3) is 2.12. The Balaban J connectivity index is 3.03. The van der Waals surface area contributed by atoms with E-state index < -0.39 is 0 Å². The van der Waals surface area contributed by atoms with Gasteiger partial charge in [-0.15, -0.1) is 0 Å². The molecule has 1 aliphatic rings. The quantitative estimate of drug-likeness (QED) is 0.563. The van der Waals surface area contributed by atoms with E-state index >= 15 is 0 Å². The van der Waals surface area contributed by atoms with E-state index in [0.717, 1.165) is 6.29 Å². The Labute approximate surface area is 85.5 Å². The molecule has 0 aliphatic heterocycles. The summed E-state index contributed by atoms with van der Waals surface area (Å²) in [4.78, 5) is 10.9. The molecule has 3 nitrogen and oxygen atoms in total. The van der Waals surface area contributed by atoms with Crippen LogP contribution >= 0.6 is 15.9 Å². The first-order chi connectivity index (χ1) is 6.22. The van der Waals surface area contributed by atoms with Crippen molar-refractivity contribution in [2.24, 2.45) is 0 Å². The molecule has 13 heavy (non-hydrogen) atoms. The summed E-state index contributed by atoms with van der Waals surface area (Å²) in [5.41, 5.74) is 0.501. The van der Waals surface area contributed by atoms with Crippen LogP contribution in [0.15, 0.2) is 23.2 Å². The molecule has 0 aromatic carbocycles. The minimum absolute atomic E-state index is 0.168. The van der Waals surface area contributed by atoms with Crippen LogP contribution in [0.2, 0.25) is 0 Å². The highest BCUT2D eigenvalue weighted by Crippen LogP contribution is 2.28. The summed E-state index contributed by atoms with van der Waals surface area (Å²) in [6.45, 7) is 0. The Morgan fingerprint density at radius 2 is 2.23 bits per heavy atom. The molecule has 4 heteroatoms. The van der Waals surface area contributed by atoms with E-state index in [-0.39, 0.29) is 4.83 Å². The SMILES string of the molecule is COC1=CC(Br)CC(OC)=C1C=O. The molecule has 0 aromatic heterocycles. The first-order valence-corrected chi connectivity index (χ1v) is 4.77. The van der Waals surface area contributed by atoms with E-state index in [9.17, 15) is 4.79 Å². The first kappa shape index (κ1) is 10.3. The molecular weight excluding hydrogens is 236 g/mol. The maximum atomic E-state index is 10.7. The van der Waals surface area contributed by atoms with Crippen molar-refractivity contribution in [3.63, 3.8) is 0 Å². The highest BCUT2D eigenvalue weighted by Gasteiger charge is 2.21. The molecule has 0 fully saturated rings. The predicted molar refractivity (Wildman–Crippen MR) is 52.5 cm³/mol. The van der Waals surface area contributed by atoms with Crippen LogP contribution in [0.4, 0.5) is 0 Å². The summed E-state index contributed by atoms with van der Waals surface area (Å²) < 4.78 is 10.2. The third-order valence-electron chi connectivity index (χ3n) is 1.86. The highest BCUT2D eigenvalue weighted by atomic mass is 79.9. The van der Waals surface area contributed by atoms with Crippen LogP contribution in [0.5, 0.6) is 0 Å². The predicted octanol–water partition coefficient (Wildman–Crippen LogP) is 1.78. The first-order valence-electron chi connectivity index (χ1n) is 3.85. The van der Waals surface area contributed by atoms with Crippen molar-refractivity contribution in [3.8, 4) is 0 Å². The van der Waals surface area contributed by atoms with E-state index in [1.807, 2.05) is 6.08 Å². The molecule has 0 radical (unpaired) electrons. The number of halogens is 1. The average molecular weight is 247 g/mol. The fourth-order valence-electron chi connectivity index (χ4n) is 1.23. The van der Waals surface area contributed by atoms with Crippen LogP contribution in [0, 0.1) is 0 Å². The number of aldehydes is 1. The van der Waals surface area contributed by atoms with Gasteiger partial charge in [-0.05, 0) is 6.08 Å². The number of hydrogen-bond acceptors (Lipinski definition) is 3. The van der Waals surface area contributed by atoms with Gasteiger partial charge in [-0.3, -0.25) is 4.79 Å². The second-order valence-electron chi connectivity index (χ2n) is 2.61. The minimum atomic E-state index is 0.168. The van der Waals surface area contributed by atoms with Crippen LogP contribution < -0.4 is 0 Å². The minimum Gasteiger partial charge on any atom is -0.500 e. The number of allylic oxidation sites excluding steroid dienone is 3. The van der Waals surface area contributed by atoms with Crippen molar-refractivity contribution >= 4 is 22.2 Å². The Hall–Kier alpha value is -0.770. The van der Waals surface area contributed by atoms with Gasteiger partial charge in [-0.2, -0.15) is 0 Å². The number of carbonyl (C=O) groups excluding carboxylic acids is 1. The van der Waals surface area contributed by atoms with Gasteiger partial charge in [-0.1, -0.05) is 15.9 Å². The Morgan fingerprint density at radius 3 is 2.69 bits per heavy atom. The number of methoxy groups -OCH3 is 2. The normalized spacial score (nSPS) is 22.4. The summed E-state index contributed by atoms with van der Waals surface area (Å²) in [6, 6.07) is 0. The van der Waals surface area contributed by atoms with Gasteiger partial charge in [-0.25, -0.2) is 0 Å². The molecule has 1 atom stereocenters. The van der Waals surface area contributed by atoms with Gasteiger partial charge in [0.15, 0.2) is 6.29 Å². The molecule has 0 saturated carbocycles. The van der Waals surface area contributed by atoms with Crippen molar-refractivity contribution in [3.05, 3.63) is 23.2 Å². The van der Waals surface area contributed by atoms with Gasteiger partial charge >= 0.3 is 0 Å². The lowest BCUT2D eigenvalue weighted by Crippen LogP contribution is -2.12. The zero-order chi connectivity index (χ0) is 9.84. The Morgan fingerprint density at radius 1 is 1.54 bits per heavy atom.